The molecule has 0 spiro atoms. The fraction of sp³-hybridized carbons (Fsp3) is 0.886. The SMILES string of the molecule is CC(=O)O[C@H]1C[C@@]2(C)[C@@H](C[C@@H](O)[C@H]3[C@@]4(C)CC[C@@H](O)[C@@H](C)[C@@H]4CC[C@@]32C)[C@H]1[C@H](CCC=C(C)C)C(=O)O.O.OCCOCCO. The van der Waals surface area contributed by atoms with Gasteiger partial charge in [0.25, 0.3) is 0 Å². The number of aliphatic hydroxyl groups excluding tert-OH is 4. The molecule has 12 atom stereocenters. The Balaban J connectivity index is 0.000000791. The number of carbonyl (C=O) groups excluding carboxylic acids is 1. The maximum absolute atomic E-state index is 12.7. The third kappa shape index (κ3) is 7.78. The van der Waals surface area contributed by atoms with E-state index in [1.165, 1.54) is 6.92 Å². The second kappa shape index (κ2) is 16.0. The minimum atomic E-state index is -0.832. The molecule has 0 aliphatic heterocycles. The smallest absolute Gasteiger partial charge is 0.306 e. The van der Waals surface area contributed by atoms with E-state index in [9.17, 15) is 24.9 Å². The minimum Gasteiger partial charge on any atom is -0.481 e. The first-order valence-electron chi connectivity index (χ1n) is 16.8. The lowest BCUT2D eigenvalue weighted by Crippen LogP contribution is -2.66. The topological polar surface area (TPSA) is 185 Å². The van der Waals surface area contributed by atoms with Crippen LogP contribution in [0.5, 0.6) is 0 Å². The van der Waals surface area contributed by atoms with Crippen LogP contribution in [0.15, 0.2) is 11.6 Å². The number of hydrogen-bond donors (Lipinski definition) is 5. The molecule has 0 amide bonds. The van der Waals surface area contributed by atoms with Crippen LogP contribution in [0.3, 0.4) is 0 Å². The second-order valence-electron chi connectivity index (χ2n) is 15.1. The molecular weight excluding hydrogens is 580 g/mol. The van der Waals surface area contributed by atoms with Crippen LogP contribution >= 0.6 is 0 Å². The molecule has 4 rings (SSSR count). The van der Waals surface area contributed by atoms with E-state index < -0.39 is 24.1 Å². The molecule has 0 aromatic carbocycles. The fourth-order valence-electron chi connectivity index (χ4n) is 10.6. The van der Waals surface area contributed by atoms with E-state index in [4.69, 9.17) is 14.9 Å². The van der Waals surface area contributed by atoms with Crippen molar-refractivity contribution in [2.24, 2.45) is 51.8 Å². The van der Waals surface area contributed by atoms with Gasteiger partial charge < -0.3 is 40.5 Å². The van der Waals surface area contributed by atoms with Crippen molar-refractivity contribution >= 4 is 11.9 Å². The van der Waals surface area contributed by atoms with Crippen molar-refractivity contribution in [1.82, 2.24) is 0 Å². The summed E-state index contributed by atoms with van der Waals surface area (Å²) >= 11 is 0. The zero-order valence-corrected chi connectivity index (χ0v) is 28.6. The van der Waals surface area contributed by atoms with Crippen molar-refractivity contribution < 1.29 is 50.1 Å². The van der Waals surface area contributed by atoms with Crippen molar-refractivity contribution in [3.8, 4) is 0 Å². The summed E-state index contributed by atoms with van der Waals surface area (Å²) in [5, 5.41) is 49.1. The number of hydrogen-bond acceptors (Lipinski definition) is 8. The third-order valence-corrected chi connectivity index (χ3v) is 12.6. The van der Waals surface area contributed by atoms with Gasteiger partial charge in [-0.3, -0.25) is 9.59 Å². The Hall–Kier alpha value is -1.56. The summed E-state index contributed by atoms with van der Waals surface area (Å²) in [6.45, 7) is 15.3. The van der Waals surface area contributed by atoms with Crippen molar-refractivity contribution in [2.45, 2.75) is 118 Å². The molecule has 262 valence electrons. The number of aliphatic hydroxyl groups is 4. The van der Waals surface area contributed by atoms with E-state index in [2.05, 4.69) is 38.5 Å². The fourth-order valence-corrected chi connectivity index (χ4v) is 10.6. The van der Waals surface area contributed by atoms with E-state index in [-0.39, 0.29) is 70.7 Å². The Bertz CT molecular complexity index is 1010. The second-order valence-corrected chi connectivity index (χ2v) is 15.1. The lowest BCUT2D eigenvalue weighted by atomic mass is 9.36. The lowest BCUT2D eigenvalue weighted by Gasteiger charge is -2.69. The van der Waals surface area contributed by atoms with Crippen molar-refractivity contribution in [1.29, 1.82) is 0 Å². The van der Waals surface area contributed by atoms with Gasteiger partial charge in [0.15, 0.2) is 0 Å². The Kier molecular flexibility index (Phi) is 14.1. The van der Waals surface area contributed by atoms with E-state index in [1.54, 1.807) is 0 Å². The molecule has 0 saturated heterocycles. The summed E-state index contributed by atoms with van der Waals surface area (Å²) in [4.78, 5) is 24.9. The van der Waals surface area contributed by atoms with Gasteiger partial charge in [0.2, 0.25) is 0 Å². The molecule has 0 aromatic rings. The van der Waals surface area contributed by atoms with E-state index >= 15 is 0 Å². The number of ether oxygens (including phenoxy) is 2. The van der Waals surface area contributed by atoms with Crippen molar-refractivity contribution in [3.63, 3.8) is 0 Å². The van der Waals surface area contributed by atoms with E-state index in [0.29, 0.717) is 44.8 Å². The molecular formula is C35H62O10. The van der Waals surface area contributed by atoms with Crippen LogP contribution in [0.4, 0.5) is 0 Å². The van der Waals surface area contributed by atoms with Crippen molar-refractivity contribution in [2.75, 3.05) is 26.4 Å². The molecule has 10 heteroatoms. The molecule has 4 aliphatic rings. The van der Waals surface area contributed by atoms with Crippen LogP contribution in [0, 0.1) is 51.8 Å². The maximum Gasteiger partial charge on any atom is 0.306 e. The normalized spacial score (nSPS) is 40.7. The molecule has 0 bridgehead atoms. The largest absolute Gasteiger partial charge is 0.481 e. The number of carbonyl (C=O) groups is 2. The van der Waals surface area contributed by atoms with Gasteiger partial charge in [-0.15, -0.1) is 0 Å². The highest BCUT2D eigenvalue weighted by molar-refractivity contribution is 5.71. The van der Waals surface area contributed by atoms with Gasteiger partial charge in [0.1, 0.15) is 6.10 Å². The molecule has 45 heavy (non-hydrogen) atoms. The van der Waals surface area contributed by atoms with Gasteiger partial charge in [0.05, 0.1) is 44.6 Å². The third-order valence-electron chi connectivity index (χ3n) is 12.6. The molecule has 4 saturated carbocycles. The van der Waals surface area contributed by atoms with Gasteiger partial charge in [-0.05, 0) is 105 Å². The average Bonchev–Trinajstić information content (AvgIpc) is 3.20. The Morgan fingerprint density at radius 1 is 0.933 bits per heavy atom. The summed E-state index contributed by atoms with van der Waals surface area (Å²) in [5.41, 5.74) is 0.624. The van der Waals surface area contributed by atoms with Gasteiger partial charge in [-0.2, -0.15) is 0 Å². The first-order chi connectivity index (χ1) is 20.6. The quantitative estimate of drug-likeness (QED) is 0.134. The maximum atomic E-state index is 12.7. The number of allylic oxidation sites excluding steroid dienone is 2. The van der Waals surface area contributed by atoms with Crippen LogP contribution in [0.25, 0.3) is 0 Å². The van der Waals surface area contributed by atoms with E-state index in [0.717, 1.165) is 31.3 Å². The van der Waals surface area contributed by atoms with Crippen LogP contribution in [-0.2, 0) is 19.1 Å². The average molecular weight is 643 g/mol. The Morgan fingerprint density at radius 2 is 1.56 bits per heavy atom. The monoisotopic (exact) mass is 642 g/mol. The molecule has 0 heterocycles. The standard InChI is InChI=1S/C31H50O6.C4H10O3.H2O/c1-17(2)9-8-10-20(28(35)36)26-22-15-24(34)27-29(5)13-12-23(33)18(3)21(29)11-14-30(27,6)31(22,7)16-25(26)37-19(4)32;5-1-3-7-4-2-6;/h9,18,20-27,33-34H,8,10-16H2,1-7H3,(H,35,36);5-6H,1-4H2;1H2/t18-,20-,21-,22-,23+,24+,25-,26+,27-,29-,30-,31-;;/m0../s1. The van der Waals surface area contributed by atoms with Crippen LogP contribution < -0.4 is 0 Å². The first-order valence-corrected chi connectivity index (χ1v) is 16.8. The van der Waals surface area contributed by atoms with E-state index in [1.807, 2.05) is 13.8 Å². The van der Waals surface area contributed by atoms with Crippen LogP contribution in [0.2, 0.25) is 0 Å². The highest BCUT2D eigenvalue weighted by atomic mass is 16.5. The van der Waals surface area contributed by atoms with Gasteiger partial charge in [0, 0.05) is 12.8 Å². The summed E-state index contributed by atoms with van der Waals surface area (Å²) in [6, 6.07) is 0. The number of esters is 1. The predicted octanol–water partition coefficient (Wildman–Crippen LogP) is 3.76. The first kappa shape index (κ1) is 39.6. The van der Waals surface area contributed by atoms with Crippen LogP contribution in [-0.4, -0.2) is 87.7 Å². The lowest BCUT2D eigenvalue weighted by molar-refractivity contribution is -0.240. The summed E-state index contributed by atoms with van der Waals surface area (Å²) < 4.78 is 10.6. The molecule has 0 unspecified atom stereocenters. The molecule has 7 N–H and O–H groups in total. The van der Waals surface area contributed by atoms with Gasteiger partial charge >= 0.3 is 11.9 Å². The molecule has 10 nitrogen and oxygen atoms in total. The van der Waals surface area contributed by atoms with Crippen LogP contribution in [0.1, 0.15) is 99.8 Å². The molecule has 4 aliphatic carbocycles. The Labute approximate surface area is 269 Å². The summed E-state index contributed by atoms with van der Waals surface area (Å²) in [5.74, 6) is -1.54. The molecule has 4 fully saturated rings. The highest BCUT2D eigenvalue weighted by Gasteiger charge is 2.72. The predicted molar refractivity (Wildman–Crippen MR) is 171 cm³/mol. The Morgan fingerprint density at radius 3 is 2.09 bits per heavy atom. The number of carboxylic acids is 1. The highest BCUT2D eigenvalue weighted by Crippen LogP contribution is 2.74. The minimum absolute atomic E-state index is 0. The number of carboxylic acid groups (broad SMARTS) is 1. The number of aliphatic carboxylic acids is 1. The number of fused-ring (bicyclic) bond motifs is 5. The zero-order chi connectivity index (χ0) is 33.0. The summed E-state index contributed by atoms with van der Waals surface area (Å²) in [7, 11) is 0. The molecule has 0 aromatic heterocycles. The zero-order valence-electron chi connectivity index (χ0n) is 28.6. The number of rotatable bonds is 10. The molecule has 0 radical (unpaired) electrons. The summed E-state index contributed by atoms with van der Waals surface area (Å²) in [6.07, 6.45) is 6.77. The van der Waals surface area contributed by atoms with Gasteiger partial charge in [-0.25, -0.2) is 0 Å². The van der Waals surface area contributed by atoms with Gasteiger partial charge in [-0.1, -0.05) is 39.3 Å². The van der Waals surface area contributed by atoms with Crippen molar-refractivity contribution in [3.05, 3.63) is 11.6 Å².